The number of oxime groups is 1. The molecule has 1 fully saturated rings. The molecule has 20 heteroatoms. The number of hydrogen-bond donors (Lipinski definition) is 7. The van der Waals surface area contributed by atoms with Crippen molar-refractivity contribution < 1.29 is 41.8 Å². The highest BCUT2D eigenvalue weighted by molar-refractivity contribution is 7.84. The number of amides is 6. The number of thiazole rings is 1. The Hall–Kier alpha value is -4.04. The first-order chi connectivity index (χ1) is 16.5. The van der Waals surface area contributed by atoms with Gasteiger partial charge in [-0.05, 0) is 20.8 Å². The smallest absolute Gasteiger partial charge is 0.362 e. The Bertz CT molecular complexity index is 1210. The SMILES string of the molecule is C[C@H]1[C@H](NC(=O)/C(=N\OC(C)(C)C(=O)NNC(=O)CNC(N)=O)c2csc(N)n2)C(=O)N1S(=O)(=O)O. The normalized spacial score (nSPS) is 18.1. The number of primary amides is 1. The highest BCUT2D eigenvalue weighted by Crippen LogP contribution is 2.23. The molecule has 0 bridgehead atoms. The number of rotatable bonds is 9. The number of hydrogen-bond acceptors (Lipinski definition) is 12. The standard InChI is InChI=1S/C16H23N9O9S2/c1-6-9(12(28)25(6)36(31,32)33)21-11(27)10(7-5-35-15(18)20-7)24-34-16(2,3)13(29)23-22-8(26)4-19-14(17)30/h5-6,9H,4H2,1-3H3,(H2,18,20)(H,21,27)(H,22,26)(H,23,29)(H3,17,19,30)(H,31,32,33)/b24-10-/t6-,9-/m0/s1. The summed E-state index contributed by atoms with van der Waals surface area (Å²) in [5.74, 6) is -3.83. The summed E-state index contributed by atoms with van der Waals surface area (Å²) in [7, 11) is -4.81. The first-order valence-electron chi connectivity index (χ1n) is 9.76. The lowest BCUT2D eigenvalue weighted by Gasteiger charge is -2.42. The van der Waals surface area contributed by atoms with Crippen LogP contribution >= 0.6 is 11.3 Å². The first-order valence-corrected chi connectivity index (χ1v) is 12.0. The monoisotopic (exact) mass is 549 g/mol. The maximum Gasteiger partial charge on any atom is 0.362 e. The molecule has 9 N–H and O–H groups in total. The van der Waals surface area contributed by atoms with E-state index in [0.717, 1.165) is 11.3 Å². The number of urea groups is 1. The second-order valence-corrected chi connectivity index (χ2v) is 9.81. The molecule has 1 aliphatic heterocycles. The minimum absolute atomic E-state index is 0.0559. The molecule has 2 rings (SSSR count). The van der Waals surface area contributed by atoms with Crippen molar-refractivity contribution in [2.75, 3.05) is 12.3 Å². The molecule has 198 valence electrons. The molecule has 2 heterocycles. The fourth-order valence-electron chi connectivity index (χ4n) is 2.60. The molecular formula is C16H23N9O9S2. The number of anilines is 1. The third kappa shape index (κ3) is 6.76. The van der Waals surface area contributed by atoms with Crippen LogP contribution in [0.15, 0.2) is 10.5 Å². The van der Waals surface area contributed by atoms with Gasteiger partial charge in [0.1, 0.15) is 18.3 Å². The summed E-state index contributed by atoms with van der Waals surface area (Å²) in [4.78, 5) is 68.6. The summed E-state index contributed by atoms with van der Waals surface area (Å²) in [5.41, 5.74) is 12.1. The van der Waals surface area contributed by atoms with E-state index in [4.69, 9.17) is 20.9 Å². The topological polar surface area (TPSA) is 278 Å². The van der Waals surface area contributed by atoms with Crippen LogP contribution in [0, 0.1) is 0 Å². The van der Waals surface area contributed by atoms with Crippen molar-refractivity contribution >= 4 is 62.1 Å². The average molecular weight is 550 g/mol. The van der Waals surface area contributed by atoms with Crippen molar-refractivity contribution in [3.63, 3.8) is 0 Å². The Morgan fingerprint density at radius 2 is 1.94 bits per heavy atom. The molecule has 0 saturated carbocycles. The molecule has 18 nitrogen and oxygen atoms in total. The molecule has 6 amide bonds. The number of nitrogens with one attached hydrogen (secondary N) is 4. The van der Waals surface area contributed by atoms with Crippen LogP contribution in [0.5, 0.6) is 0 Å². The van der Waals surface area contributed by atoms with Crippen LogP contribution in [0.1, 0.15) is 26.5 Å². The Labute approximate surface area is 207 Å². The van der Waals surface area contributed by atoms with Gasteiger partial charge in [0.25, 0.3) is 23.6 Å². The van der Waals surface area contributed by atoms with Gasteiger partial charge in [0.15, 0.2) is 10.8 Å². The third-order valence-electron chi connectivity index (χ3n) is 4.50. The number of aromatic nitrogens is 1. The predicted molar refractivity (Wildman–Crippen MR) is 122 cm³/mol. The molecule has 1 saturated heterocycles. The number of nitrogen functional groups attached to an aromatic ring is 1. The zero-order valence-electron chi connectivity index (χ0n) is 19.0. The number of carbonyl (C=O) groups excluding carboxylic acids is 5. The number of β-lactam (4-membered cyclic amide) rings is 1. The van der Waals surface area contributed by atoms with E-state index in [0.29, 0.717) is 0 Å². The van der Waals surface area contributed by atoms with Crippen LogP contribution in [-0.2, 0) is 34.3 Å². The second kappa shape index (κ2) is 10.7. The fourth-order valence-corrected chi connectivity index (χ4v) is 4.03. The average Bonchev–Trinajstić information content (AvgIpc) is 3.19. The maximum atomic E-state index is 12.8. The predicted octanol–water partition coefficient (Wildman–Crippen LogP) is -3.44. The van der Waals surface area contributed by atoms with E-state index < -0.39 is 69.9 Å². The largest absolute Gasteiger partial charge is 0.379 e. The van der Waals surface area contributed by atoms with Gasteiger partial charge in [0.2, 0.25) is 5.60 Å². The first kappa shape index (κ1) is 28.2. The molecule has 1 aromatic rings. The minimum atomic E-state index is -4.81. The molecule has 0 radical (unpaired) electrons. The van der Waals surface area contributed by atoms with Gasteiger partial charge in [0.05, 0.1) is 6.04 Å². The molecule has 1 aromatic heterocycles. The molecular weight excluding hydrogens is 526 g/mol. The highest BCUT2D eigenvalue weighted by atomic mass is 32.2. The van der Waals surface area contributed by atoms with Crippen molar-refractivity contribution in [1.29, 1.82) is 0 Å². The Morgan fingerprint density at radius 3 is 2.44 bits per heavy atom. The van der Waals surface area contributed by atoms with E-state index in [1.807, 2.05) is 16.2 Å². The summed E-state index contributed by atoms with van der Waals surface area (Å²) >= 11 is 0.948. The van der Waals surface area contributed by atoms with Gasteiger partial charge < -0.3 is 26.9 Å². The van der Waals surface area contributed by atoms with E-state index in [1.165, 1.54) is 26.2 Å². The second-order valence-electron chi connectivity index (χ2n) is 7.64. The van der Waals surface area contributed by atoms with Gasteiger partial charge in [-0.1, -0.05) is 5.16 Å². The molecule has 0 aromatic carbocycles. The van der Waals surface area contributed by atoms with Gasteiger partial charge in [-0.25, -0.2) is 14.1 Å². The van der Waals surface area contributed by atoms with Crippen LogP contribution in [0.2, 0.25) is 0 Å². The molecule has 0 unspecified atom stereocenters. The number of hydrazine groups is 1. The van der Waals surface area contributed by atoms with E-state index in [1.54, 1.807) is 0 Å². The summed E-state index contributed by atoms with van der Waals surface area (Å²) in [6.45, 7) is 3.24. The van der Waals surface area contributed by atoms with Gasteiger partial charge in [-0.15, -0.1) is 11.3 Å². The maximum absolute atomic E-state index is 12.8. The zero-order valence-corrected chi connectivity index (χ0v) is 20.6. The van der Waals surface area contributed by atoms with Gasteiger partial charge in [0, 0.05) is 5.38 Å². The lowest BCUT2D eigenvalue weighted by Crippen LogP contribution is -2.71. The summed E-state index contributed by atoms with van der Waals surface area (Å²) in [6.07, 6.45) is 0. The molecule has 1 aliphatic rings. The van der Waals surface area contributed by atoms with Crippen molar-refractivity contribution in [2.24, 2.45) is 10.9 Å². The van der Waals surface area contributed by atoms with Crippen molar-refractivity contribution in [3.05, 3.63) is 11.1 Å². The van der Waals surface area contributed by atoms with Crippen LogP contribution in [0.4, 0.5) is 9.93 Å². The Morgan fingerprint density at radius 1 is 1.31 bits per heavy atom. The van der Waals surface area contributed by atoms with E-state index >= 15 is 0 Å². The molecule has 36 heavy (non-hydrogen) atoms. The van der Waals surface area contributed by atoms with E-state index in [9.17, 15) is 32.4 Å². The lowest BCUT2D eigenvalue weighted by atomic mass is 10.0. The number of nitrogens with zero attached hydrogens (tertiary/aromatic N) is 3. The van der Waals surface area contributed by atoms with Crippen LogP contribution in [0.3, 0.4) is 0 Å². The van der Waals surface area contributed by atoms with Gasteiger partial charge in [-0.2, -0.15) is 8.42 Å². The quantitative estimate of drug-likeness (QED) is 0.0688. The highest BCUT2D eigenvalue weighted by Gasteiger charge is 2.51. The Kier molecular flexibility index (Phi) is 8.38. The Balaban J connectivity index is 2.14. The van der Waals surface area contributed by atoms with E-state index in [-0.39, 0.29) is 15.1 Å². The van der Waals surface area contributed by atoms with Crippen molar-refractivity contribution in [3.8, 4) is 0 Å². The number of nitrogens with two attached hydrogens (primary N) is 2. The summed E-state index contributed by atoms with van der Waals surface area (Å²) in [6, 6.07) is -3.37. The minimum Gasteiger partial charge on any atom is -0.379 e. The summed E-state index contributed by atoms with van der Waals surface area (Å²) in [5, 5.41) is 9.34. The number of carbonyl (C=O) groups is 5. The van der Waals surface area contributed by atoms with Gasteiger partial charge in [-0.3, -0.25) is 34.6 Å². The van der Waals surface area contributed by atoms with Crippen molar-refractivity contribution in [1.82, 2.24) is 30.8 Å². The molecule has 2 atom stereocenters. The fraction of sp³-hybridized carbons (Fsp3) is 0.438. The molecule has 0 aliphatic carbocycles. The van der Waals surface area contributed by atoms with Crippen LogP contribution in [0.25, 0.3) is 0 Å². The molecule has 0 spiro atoms. The van der Waals surface area contributed by atoms with E-state index in [2.05, 4.69) is 15.5 Å². The lowest BCUT2D eigenvalue weighted by molar-refractivity contribution is -0.145. The van der Waals surface area contributed by atoms with Crippen molar-refractivity contribution in [2.45, 2.75) is 38.5 Å². The van der Waals surface area contributed by atoms with Crippen LogP contribution in [-0.4, -0.2) is 81.9 Å². The summed E-state index contributed by atoms with van der Waals surface area (Å²) < 4.78 is 31.8. The van der Waals surface area contributed by atoms with Gasteiger partial charge >= 0.3 is 16.3 Å². The zero-order chi connectivity index (χ0) is 27.4. The van der Waals surface area contributed by atoms with Crippen LogP contribution < -0.4 is 33.0 Å². The third-order valence-corrected chi connectivity index (χ3v) is 6.18.